The number of hydrogen-bond acceptors (Lipinski definition) is 4. The topological polar surface area (TPSA) is 66.9 Å². The Kier molecular flexibility index (Phi) is 6.84. The summed E-state index contributed by atoms with van der Waals surface area (Å²) in [6.07, 6.45) is 0.902. The summed E-state index contributed by atoms with van der Waals surface area (Å²) in [7, 11) is 0. The van der Waals surface area contributed by atoms with Gasteiger partial charge in [-0.3, -0.25) is 4.79 Å². The standard InChI is InChI=1S/C42H34N4O/c1-42(2,3)30-17-15-27(16-18-30)41(47)44-32-20-22-38-37(25-32)40(46-39(45-38)36-14-8-11-26-9-4-6-12-33(26)36)43-31-19-21-35-29(24-31)23-28-10-5-7-13-34(28)35/h4-22,24-25H,23H2,1-3H3,(H,44,47)(H,43,45,46). The molecule has 0 unspecified atom stereocenters. The third-order valence-corrected chi connectivity index (χ3v) is 9.05. The molecular formula is C42H34N4O. The van der Waals surface area contributed by atoms with Crippen LogP contribution in [-0.2, 0) is 11.8 Å². The Morgan fingerprint density at radius 3 is 2.21 bits per heavy atom. The maximum absolute atomic E-state index is 13.3. The predicted molar refractivity (Wildman–Crippen MR) is 194 cm³/mol. The third kappa shape index (κ3) is 5.40. The molecule has 0 radical (unpaired) electrons. The fourth-order valence-electron chi connectivity index (χ4n) is 6.53. The molecule has 5 nitrogen and oxygen atoms in total. The van der Waals surface area contributed by atoms with Gasteiger partial charge in [-0.05, 0) is 92.9 Å². The van der Waals surface area contributed by atoms with Crippen molar-refractivity contribution < 1.29 is 4.79 Å². The average molecular weight is 611 g/mol. The van der Waals surface area contributed by atoms with Crippen LogP contribution in [0.15, 0.2) is 127 Å². The van der Waals surface area contributed by atoms with Crippen LogP contribution in [0.3, 0.4) is 0 Å². The van der Waals surface area contributed by atoms with Gasteiger partial charge >= 0.3 is 0 Å². The molecular weight excluding hydrogens is 576 g/mol. The van der Waals surface area contributed by atoms with Crippen molar-refractivity contribution in [1.29, 1.82) is 0 Å². The molecule has 0 bridgehead atoms. The Hall–Kier alpha value is -5.81. The average Bonchev–Trinajstić information content (AvgIpc) is 3.45. The van der Waals surface area contributed by atoms with Crippen LogP contribution in [-0.4, -0.2) is 15.9 Å². The molecule has 0 spiro atoms. The summed E-state index contributed by atoms with van der Waals surface area (Å²) in [6.45, 7) is 6.49. The van der Waals surface area contributed by atoms with E-state index < -0.39 is 0 Å². The van der Waals surface area contributed by atoms with Gasteiger partial charge in [-0.2, -0.15) is 0 Å². The van der Waals surface area contributed by atoms with E-state index in [1.807, 2.05) is 60.7 Å². The highest BCUT2D eigenvalue weighted by atomic mass is 16.1. The molecule has 0 aliphatic heterocycles. The number of nitrogens with zero attached hydrogens (tertiary/aromatic N) is 2. The first kappa shape index (κ1) is 28.6. The number of nitrogens with one attached hydrogen (secondary N) is 2. The molecule has 5 heteroatoms. The van der Waals surface area contributed by atoms with Crippen molar-refractivity contribution in [2.45, 2.75) is 32.6 Å². The van der Waals surface area contributed by atoms with Gasteiger partial charge in [0, 0.05) is 27.9 Å². The van der Waals surface area contributed by atoms with Gasteiger partial charge < -0.3 is 10.6 Å². The molecule has 1 aromatic heterocycles. The molecule has 8 rings (SSSR count). The molecule has 6 aromatic carbocycles. The first-order valence-electron chi connectivity index (χ1n) is 16.0. The highest BCUT2D eigenvalue weighted by Crippen LogP contribution is 2.39. The second-order valence-corrected chi connectivity index (χ2v) is 13.3. The highest BCUT2D eigenvalue weighted by molar-refractivity contribution is 6.06. The SMILES string of the molecule is CC(C)(C)c1ccc(C(=O)Nc2ccc3nc(-c4cccc5ccccc45)nc(Nc4ccc5c(c4)Cc4ccccc4-5)c3c2)cc1. The van der Waals surface area contributed by atoms with Crippen molar-refractivity contribution in [2.24, 2.45) is 0 Å². The highest BCUT2D eigenvalue weighted by Gasteiger charge is 2.20. The normalized spacial score (nSPS) is 12.1. The van der Waals surface area contributed by atoms with Gasteiger partial charge in [-0.1, -0.05) is 106 Å². The van der Waals surface area contributed by atoms with E-state index in [1.54, 1.807) is 0 Å². The van der Waals surface area contributed by atoms with E-state index in [0.717, 1.165) is 39.3 Å². The summed E-state index contributed by atoms with van der Waals surface area (Å²) in [5.41, 5.74) is 10.4. The lowest BCUT2D eigenvalue weighted by atomic mass is 9.87. The van der Waals surface area contributed by atoms with Crippen molar-refractivity contribution in [3.63, 3.8) is 0 Å². The molecule has 1 amide bonds. The molecule has 0 atom stereocenters. The lowest BCUT2D eigenvalue weighted by Crippen LogP contribution is -2.14. The van der Waals surface area contributed by atoms with Gasteiger partial charge in [-0.25, -0.2) is 9.97 Å². The van der Waals surface area contributed by atoms with Gasteiger partial charge in [0.15, 0.2) is 5.82 Å². The minimum Gasteiger partial charge on any atom is -0.340 e. The maximum atomic E-state index is 13.3. The first-order valence-corrected chi connectivity index (χ1v) is 16.0. The number of fused-ring (bicyclic) bond motifs is 5. The van der Waals surface area contributed by atoms with Gasteiger partial charge in [0.05, 0.1) is 5.52 Å². The van der Waals surface area contributed by atoms with Gasteiger partial charge in [0.25, 0.3) is 5.91 Å². The Labute approximate surface area is 274 Å². The molecule has 0 saturated carbocycles. The lowest BCUT2D eigenvalue weighted by molar-refractivity contribution is 0.102. The summed E-state index contributed by atoms with van der Waals surface area (Å²) in [4.78, 5) is 23.5. The maximum Gasteiger partial charge on any atom is 0.255 e. The lowest BCUT2D eigenvalue weighted by Gasteiger charge is -2.19. The Morgan fingerprint density at radius 1 is 0.638 bits per heavy atom. The van der Waals surface area contributed by atoms with Crippen molar-refractivity contribution in [3.05, 3.63) is 150 Å². The molecule has 1 aliphatic rings. The van der Waals surface area contributed by atoms with Crippen LogP contribution in [0.25, 0.3) is 44.2 Å². The molecule has 0 fully saturated rings. The first-order chi connectivity index (χ1) is 22.8. The largest absolute Gasteiger partial charge is 0.340 e. The molecule has 1 aliphatic carbocycles. The van der Waals surface area contributed by atoms with E-state index in [2.05, 4.69) is 98.1 Å². The summed E-state index contributed by atoms with van der Waals surface area (Å²) in [6, 6.07) is 43.2. The zero-order valence-electron chi connectivity index (χ0n) is 26.6. The van der Waals surface area contributed by atoms with Crippen LogP contribution in [0.1, 0.15) is 47.8 Å². The van der Waals surface area contributed by atoms with Crippen LogP contribution in [0, 0.1) is 0 Å². The predicted octanol–water partition coefficient (Wildman–Crippen LogP) is 10.3. The van der Waals surface area contributed by atoms with Gasteiger partial charge in [0.1, 0.15) is 5.82 Å². The Morgan fingerprint density at radius 2 is 1.36 bits per heavy atom. The van der Waals surface area contributed by atoms with Crippen LogP contribution >= 0.6 is 0 Å². The summed E-state index contributed by atoms with van der Waals surface area (Å²) >= 11 is 0. The number of rotatable bonds is 5. The van der Waals surface area contributed by atoms with Crippen LogP contribution in [0.5, 0.6) is 0 Å². The smallest absolute Gasteiger partial charge is 0.255 e. The monoisotopic (exact) mass is 610 g/mol. The van der Waals surface area contributed by atoms with Crippen molar-refractivity contribution >= 4 is 44.8 Å². The molecule has 0 saturated heterocycles. The van der Waals surface area contributed by atoms with E-state index in [4.69, 9.17) is 9.97 Å². The number of carbonyl (C=O) groups is 1. The van der Waals surface area contributed by atoms with Gasteiger partial charge in [-0.15, -0.1) is 0 Å². The van der Waals surface area contributed by atoms with Crippen LogP contribution in [0.2, 0.25) is 0 Å². The minimum absolute atomic E-state index is 0.0183. The minimum atomic E-state index is -0.161. The van der Waals surface area contributed by atoms with E-state index in [9.17, 15) is 4.79 Å². The number of anilines is 3. The van der Waals surface area contributed by atoms with Crippen LogP contribution < -0.4 is 10.6 Å². The summed E-state index contributed by atoms with van der Waals surface area (Å²) in [5, 5.41) is 9.77. The molecule has 7 aromatic rings. The summed E-state index contributed by atoms with van der Waals surface area (Å²) in [5.74, 6) is 1.16. The van der Waals surface area contributed by atoms with E-state index >= 15 is 0 Å². The van der Waals surface area contributed by atoms with E-state index in [1.165, 1.54) is 27.8 Å². The number of benzene rings is 6. The molecule has 1 heterocycles. The fraction of sp³-hybridized carbons (Fsp3) is 0.119. The second kappa shape index (κ2) is 11.2. The fourth-order valence-corrected chi connectivity index (χ4v) is 6.53. The zero-order valence-corrected chi connectivity index (χ0v) is 26.6. The Bertz CT molecular complexity index is 2330. The van der Waals surface area contributed by atoms with Crippen molar-refractivity contribution in [3.8, 4) is 22.5 Å². The summed E-state index contributed by atoms with van der Waals surface area (Å²) < 4.78 is 0. The molecule has 228 valence electrons. The van der Waals surface area contributed by atoms with E-state index in [-0.39, 0.29) is 11.3 Å². The van der Waals surface area contributed by atoms with Crippen molar-refractivity contribution in [1.82, 2.24) is 9.97 Å². The molecule has 2 N–H and O–H groups in total. The zero-order chi connectivity index (χ0) is 32.1. The number of carbonyl (C=O) groups excluding carboxylic acids is 1. The third-order valence-electron chi connectivity index (χ3n) is 9.05. The number of aromatic nitrogens is 2. The van der Waals surface area contributed by atoms with E-state index in [0.29, 0.717) is 22.9 Å². The number of amides is 1. The Balaban J connectivity index is 1.19. The number of hydrogen-bond donors (Lipinski definition) is 2. The van der Waals surface area contributed by atoms with Gasteiger partial charge in [0.2, 0.25) is 0 Å². The van der Waals surface area contributed by atoms with Crippen LogP contribution in [0.4, 0.5) is 17.2 Å². The quantitative estimate of drug-likeness (QED) is 0.203. The van der Waals surface area contributed by atoms with Crippen molar-refractivity contribution in [2.75, 3.05) is 10.6 Å². The second-order valence-electron chi connectivity index (χ2n) is 13.3. The molecule has 47 heavy (non-hydrogen) atoms.